The molecule has 0 unspecified atom stereocenters. The lowest BCUT2D eigenvalue weighted by Crippen LogP contribution is -2.23. The summed E-state index contributed by atoms with van der Waals surface area (Å²) in [5.41, 5.74) is 4.29. The van der Waals surface area contributed by atoms with E-state index in [2.05, 4.69) is 29.6 Å². The predicted molar refractivity (Wildman–Crippen MR) is 103 cm³/mol. The molecule has 0 radical (unpaired) electrons. The van der Waals surface area contributed by atoms with E-state index in [4.69, 9.17) is 0 Å². The lowest BCUT2D eigenvalue weighted by atomic mass is 9.95. The number of phenols is 1. The highest BCUT2D eigenvalue weighted by molar-refractivity contribution is 6.02. The molecule has 1 aliphatic carbocycles. The number of nitrogens with zero attached hydrogens (tertiary/aromatic N) is 1. The molecule has 4 heteroatoms. The first-order chi connectivity index (χ1) is 12.6. The number of fused-ring (bicyclic) bond motifs is 1. The highest BCUT2D eigenvalue weighted by Crippen LogP contribution is 2.53. The molecule has 1 amide bonds. The van der Waals surface area contributed by atoms with Crippen molar-refractivity contribution in [3.8, 4) is 5.75 Å². The molecule has 0 aromatic heterocycles. The zero-order valence-corrected chi connectivity index (χ0v) is 14.5. The van der Waals surface area contributed by atoms with Gasteiger partial charge in [0.2, 0.25) is 5.91 Å². The SMILES string of the molecule is C[C@@]1(c2ccccc2)C[C@H]1C(=O)NN=Cc1c(O)ccc2ccccc12. The van der Waals surface area contributed by atoms with Crippen LogP contribution in [-0.2, 0) is 10.2 Å². The lowest BCUT2D eigenvalue weighted by Gasteiger charge is -2.10. The van der Waals surface area contributed by atoms with E-state index >= 15 is 0 Å². The van der Waals surface area contributed by atoms with Crippen molar-refractivity contribution in [1.82, 2.24) is 5.43 Å². The number of carbonyl (C=O) groups excluding carboxylic acids is 1. The van der Waals surface area contributed by atoms with Crippen LogP contribution in [-0.4, -0.2) is 17.2 Å². The van der Waals surface area contributed by atoms with Crippen LogP contribution in [0.2, 0.25) is 0 Å². The van der Waals surface area contributed by atoms with Gasteiger partial charge in [-0.1, -0.05) is 67.6 Å². The van der Waals surface area contributed by atoms with Gasteiger partial charge in [0.15, 0.2) is 0 Å². The molecule has 4 rings (SSSR count). The van der Waals surface area contributed by atoms with Crippen LogP contribution in [0.25, 0.3) is 10.8 Å². The molecule has 2 N–H and O–H groups in total. The third kappa shape index (κ3) is 2.84. The highest BCUT2D eigenvalue weighted by Gasteiger charge is 2.55. The summed E-state index contributed by atoms with van der Waals surface area (Å²) in [5.74, 6) is -0.0299. The summed E-state index contributed by atoms with van der Waals surface area (Å²) >= 11 is 0. The van der Waals surface area contributed by atoms with Gasteiger partial charge < -0.3 is 5.11 Å². The van der Waals surface area contributed by atoms with Gasteiger partial charge in [-0.2, -0.15) is 5.10 Å². The van der Waals surface area contributed by atoms with Gasteiger partial charge in [0, 0.05) is 11.0 Å². The van der Waals surface area contributed by atoms with Crippen LogP contribution in [0.5, 0.6) is 5.75 Å². The summed E-state index contributed by atoms with van der Waals surface area (Å²) in [4.78, 5) is 12.4. The van der Waals surface area contributed by atoms with E-state index in [1.54, 1.807) is 6.07 Å². The minimum atomic E-state index is -0.123. The topological polar surface area (TPSA) is 61.7 Å². The van der Waals surface area contributed by atoms with E-state index in [1.807, 2.05) is 48.5 Å². The zero-order chi connectivity index (χ0) is 18.1. The van der Waals surface area contributed by atoms with Crippen molar-refractivity contribution in [2.24, 2.45) is 11.0 Å². The molecule has 26 heavy (non-hydrogen) atoms. The Bertz CT molecular complexity index is 997. The van der Waals surface area contributed by atoms with Gasteiger partial charge in [-0.15, -0.1) is 0 Å². The maximum absolute atomic E-state index is 12.4. The maximum atomic E-state index is 12.4. The van der Waals surface area contributed by atoms with Crippen molar-refractivity contribution in [2.45, 2.75) is 18.8 Å². The van der Waals surface area contributed by atoms with Crippen molar-refractivity contribution in [1.29, 1.82) is 0 Å². The summed E-state index contributed by atoms with van der Waals surface area (Å²) in [6, 6.07) is 21.3. The molecule has 2 atom stereocenters. The second-order valence-electron chi connectivity index (χ2n) is 6.99. The average Bonchev–Trinajstić information content (AvgIpc) is 3.37. The van der Waals surface area contributed by atoms with Crippen LogP contribution in [0, 0.1) is 5.92 Å². The maximum Gasteiger partial charge on any atom is 0.244 e. The molecule has 130 valence electrons. The van der Waals surface area contributed by atoms with Gasteiger partial charge in [0.25, 0.3) is 0 Å². The Hall–Kier alpha value is -3.14. The number of carbonyl (C=O) groups is 1. The monoisotopic (exact) mass is 344 g/mol. The zero-order valence-electron chi connectivity index (χ0n) is 14.5. The molecule has 3 aromatic carbocycles. The quantitative estimate of drug-likeness (QED) is 0.556. The van der Waals surface area contributed by atoms with Crippen molar-refractivity contribution in [3.63, 3.8) is 0 Å². The van der Waals surface area contributed by atoms with E-state index in [0.717, 1.165) is 17.2 Å². The molecule has 0 heterocycles. The third-order valence-corrected chi connectivity index (χ3v) is 5.30. The van der Waals surface area contributed by atoms with Crippen molar-refractivity contribution in [3.05, 3.63) is 77.9 Å². The number of phenolic OH excluding ortho intramolecular Hbond substituents is 1. The summed E-state index contributed by atoms with van der Waals surface area (Å²) in [7, 11) is 0. The van der Waals surface area contributed by atoms with E-state index in [-0.39, 0.29) is 23.0 Å². The predicted octanol–water partition coefficient (Wildman–Crippen LogP) is 3.97. The van der Waals surface area contributed by atoms with E-state index in [9.17, 15) is 9.90 Å². The first kappa shape index (κ1) is 16.3. The second kappa shape index (κ2) is 6.30. The number of amides is 1. The Morgan fingerprint density at radius 3 is 2.65 bits per heavy atom. The molecule has 1 saturated carbocycles. The van der Waals surface area contributed by atoms with Gasteiger partial charge in [0.05, 0.1) is 12.1 Å². The Morgan fingerprint density at radius 1 is 1.12 bits per heavy atom. The molecule has 3 aromatic rings. The fourth-order valence-electron chi connectivity index (χ4n) is 3.54. The number of hydrazone groups is 1. The minimum absolute atomic E-state index is 0.0804. The second-order valence-corrected chi connectivity index (χ2v) is 6.99. The molecule has 0 aliphatic heterocycles. The summed E-state index contributed by atoms with van der Waals surface area (Å²) in [6.45, 7) is 2.10. The average molecular weight is 344 g/mol. The Morgan fingerprint density at radius 2 is 1.85 bits per heavy atom. The lowest BCUT2D eigenvalue weighted by molar-refractivity contribution is -0.122. The molecule has 0 bridgehead atoms. The fraction of sp³-hybridized carbons (Fsp3) is 0.182. The van der Waals surface area contributed by atoms with Crippen LogP contribution in [0.3, 0.4) is 0 Å². The number of hydrogen-bond acceptors (Lipinski definition) is 3. The molecule has 0 saturated heterocycles. The third-order valence-electron chi connectivity index (χ3n) is 5.30. The Kier molecular flexibility index (Phi) is 3.96. The molecule has 0 spiro atoms. The minimum Gasteiger partial charge on any atom is -0.507 e. The van der Waals surface area contributed by atoms with Crippen molar-refractivity contribution in [2.75, 3.05) is 0 Å². The summed E-state index contributed by atoms with van der Waals surface area (Å²) in [6.07, 6.45) is 2.33. The van der Waals surface area contributed by atoms with Crippen molar-refractivity contribution < 1.29 is 9.90 Å². The number of benzene rings is 3. The van der Waals surface area contributed by atoms with E-state index in [1.165, 1.54) is 11.8 Å². The Labute approximate surface area is 152 Å². The smallest absolute Gasteiger partial charge is 0.244 e. The van der Waals surface area contributed by atoms with Crippen LogP contribution < -0.4 is 5.43 Å². The van der Waals surface area contributed by atoms with Gasteiger partial charge in [0.1, 0.15) is 5.75 Å². The first-order valence-corrected chi connectivity index (χ1v) is 8.69. The van der Waals surface area contributed by atoms with Crippen LogP contribution in [0.15, 0.2) is 71.8 Å². The van der Waals surface area contributed by atoms with Gasteiger partial charge >= 0.3 is 0 Å². The van der Waals surface area contributed by atoms with Crippen molar-refractivity contribution >= 4 is 22.9 Å². The standard InChI is InChI=1S/C22H20N2O2/c1-22(16-8-3-2-4-9-16)13-19(22)21(26)24-23-14-18-17-10-6-5-7-15(17)11-12-20(18)25/h2-12,14,19,25H,13H2,1H3,(H,24,26)/t19-,22-/m0/s1. The molecular weight excluding hydrogens is 324 g/mol. The highest BCUT2D eigenvalue weighted by atomic mass is 16.3. The summed E-state index contributed by atoms with van der Waals surface area (Å²) in [5, 5.41) is 16.1. The fourth-order valence-corrected chi connectivity index (χ4v) is 3.54. The van der Waals surface area contributed by atoms with Gasteiger partial charge in [-0.25, -0.2) is 5.43 Å². The Balaban J connectivity index is 1.49. The van der Waals surface area contributed by atoms with Crippen LogP contribution >= 0.6 is 0 Å². The number of rotatable bonds is 4. The van der Waals surface area contributed by atoms with Crippen LogP contribution in [0.4, 0.5) is 0 Å². The molecule has 1 fully saturated rings. The number of hydrogen-bond donors (Lipinski definition) is 2. The van der Waals surface area contributed by atoms with E-state index in [0.29, 0.717) is 5.56 Å². The number of aromatic hydroxyl groups is 1. The molecule has 4 nitrogen and oxygen atoms in total. The van der Waals surface area contributed by atoms with Gasteiger partial charge in [-0.05, 0) is 28.8 Å². The first-order valence-electron chi connectivity index (χ1n) is 8.69. The van der Waals surface area contributed by atoms with Gasteiger partial charge in [-0.3, -0.25) is 4.79 Å². The normalized spacial score (nSPS) is 21.8. The summed E-state index contributed by atoms with van der Waals surface area (Å²) < 4.78 is 0. The largest absolute Gasteiger partial charge is 0.507 e. The molecule has 1 aliphatic rings. The van der Waals surface area contributed by atoms with Crippen LogP contribution in [0.1, 0.15) is 24.5 Å². The molecular formula is C22H20N2O2. The van der Waals surface area contributed by atoms with E-state index < -0.39 is 0 Å². The number of nitrogens with one attached hydrogen (secondary N) is 1.